The number of benzene rings is 1. The fourth-order valence-electron chi connectivity index (χ4n) is 4.06. The Hall–Kier alpha value is -1.99. The predicted octanol–water partition coefficient (Wildman–Crippen LogP) is 3.02. The number of hydrogen-bond acceptors (Lipinski definition) is 5. The van der Waals surface area contributed by atoms with E-state index in [1.165, 1.54) is 20.6 Å². The Labute approximate surface area is 177 Å². The lowest BCUT2D eigenvalue weighted by molar-refractivity contribution is -0.138. The van der Waals surface area contributed by atoms with Crippen molar-refractivity contribution in [3.8, 4) is 11.5 Å². The Bertz CT molecular complexity index is 729. The SMILES string of the molecule is COc1cc(OC)c(NC(=O)CN2CCC(C(=O)N3CCCCC3)CC2)cc1Cl. The number of nitrogens with zero attached hydrogens (tertiary/aromatic N) is 2. The number of carbonyl (C=O) groups is 2. The number of halogens is 1. The van der Waals surface area contributed by atoms with Crippen LogP contribution in [0.3, 0.4) is 0 Å². The molecule has 29 heavy (non-hydrogen) atoms. The fourth-order valence-corrected chi connectivity index (χ4v) is 4.30. The van der Waals surface area contributed by atoms with E-state index in [1.807, 2.05) is 4.90 Å². The smallest absolute Gasteiger partial charge is 0.238 e. The van der Waals surface area contributed by atoms with Gasteiger partial charge in [0.2, 0.25) is 11.8 Å². The molecular weight excluding hydrogens is 394 g/mol. The van der Waals surface area contributed by atoms with E-state index in [1.54, 1.807) is 12.1 Å². The first-order valence-corrected chi connectivity index (χ1v) is 10.6. The standard InChI is InChI=1S/C21H30ClN3O4/c1-28-18-13-19(29-2)17(12-16(18)22)23-20(26)14-24-10-6-15(7-11-24)21(27)25-8-4-3-5-9-25/h12-13,15H,3-11,14H2,1-2H3,(H,23,26). The third-order valence-corrected chi connectivity index (χ3v) is 6.02. The topological polar surface area (TPSA) is 71.1 Å². The highest BCUT2D eigenvalue weighted by Gasteiger charge is 2.29. The van der Waals surface area contributed by atoms with Crippen LogP contribution < -0.4 is 14.8 Å². The van der Waals surface area contributed by atoms with Crippen molar-refractivity contribution < 1.29 is 19.1 Å². The second kappa shape index (κ2) is 10.2. The summed E-state index contributed by atoms with van der Waals surface area (Å²) in [5.41, 5.74) is 0.512. The highest BCUT2D eigenvalue weighted by Crippen LogP contribution is 2.35. The van der Waals surface area contributed by atoms with Crippen molar-refractivity contribution >= 4 is 29.1 Å². The van der Waals surface area contributed by atoms with Crippen LogP contribution in [0.2, 0.25) is 5.02 Å². The highest BCUT2D eigenvalue weighted by molar-refractivity contribution is 6.32. The Morgan fingerprint density at radius 1 is 1.03 bits per heavy atom. The number of carbonyl (C=O) groups excluding carboxylic acids is 2. The summed E-state index contributed by atoms with van der Waals surface area (Å²) in [5.74, 6) is 1.23. The molecule has 0 bridgehead atoms. The predicted molar refractivity (Wildman–Crippen MR) is 113 cm³/mol. The van der Waals surface area contributed by atoms with E-state index in [0.29, 0.717) is 28.1 Å². The molecule has 2 aliphatic rings. The molecule has 0 saturated carbocycles. The Kier molecular flexibility index (Phi) is 7.61. The zero-order valence-corrected chi connectivity index (χ0v) is 18.0. The lowest BCUT2D eigenvalue weighted by Gasteiger charge is -2.35. The summed E-state index contributed by atoms with van der Waals surface area (Å²) in [6, 6.07) is 3.27. The second-order valence-corrected chi connectivity index (χ2v) is 8.08. The zero-order valence-electron chi connectivity index (χ0n) is 17.2. The summed E-state index contributed by atoms with van der Waals surface area (Å²) in [5, 5.41) is 3.27. The average Bonchev–Trinajstić information content (AvgIpc) is 2.74. The summed E-state index contributed by atoms with van der Waals surface area (Å²) >= 11 is 6.17. The number of ether oxygens (including phenoxy) is 2. The number of anilines is 1. The van der Waals surface area contributed by atoms with Gasteiger partial charge in [0.25, 0.3) is 0 Å². The molecule has 0 atom stereocenters. The molecule has 2 heterocycles. The number of nitrogens with one attached hydrogen (secondary N) is 1. The van der Waals surface area contributed by atoms with Gasteiger partial charge < -0.3 is 19.7 Å². The van der Waals surface area contributed by atoms with Crippen molar-refractivity contribution in [3.05, 3.63) is 17.2 Å². The average molecular weight is 424 g/mol. The monoisotopic (exact) mass is 423 g/mol. The van der Waals surface area contributed by atoms with Crippen molar-refractivity contribution in [1.29, 1.82) is 0 Å². The summed E-state index contributed by atoms with van der Waals surface area (Å²) in [6.45, 7) is 3.56. The van der Waals surface area contributed by atoms with Gasteiger partial charge in [0.1, 0.15) is 11.5 Å². The molecule has 160 valence electrons. The molecule has 0 unspecified atom stereocenters. The quantitative estimate of drug-likeness (QED) is 0.761. The Morgan fingerprint density at radius 2 is 1.69 bits per heavy atom. The number of amides is 2. The van der Waals surface area contributed by atoms with Crippen LogP contribution in [0.25, 0.3) is 0 Å². The van der Waals surface area contributed by atoms with Crippen molar-refractivity contribution in [3.63, 3.8) is 0 Å². The van der Waals surface area contributed by atoms with E-state index in [0.717, 1.165) is 51.9 Å². The summed E-state index contributed by atoms with van der Waals surface area (Å²) in [6.07, 6.45) is 5.06. The van der Waals surface area contributed by atoms with Gasteiger partial charge in [0.05, 0.1) is 31.5 Å². The minimum atomic E-state index is -0.134. The van der Waals surface area contributed by atoms with E-state index >= 15 is 0 Å². The molecule has 0 spiro atoms. The third-order valence-electron chi connectivity index (χ3n) is 5.72. The van der Waals surface area contributed by atoms with Crippen molar-refractivity contribution in [2.24, 2.45) is 5.92 Å². The first-order valence-electron chi connectivity index (χ1n) is 10.2. The molecule has 1 N–H and O–H groups in total. The minimum Gasteiger partial charge on any atom is -0.495 e. The van der Waals surface area contributed by atoms with Crippen LogP contribution in [0.4, 0.5) is 5.69 Å². The van der Waals surface area contributed by atoms with Gasteiger partial charge >= 0.3 is 0 Å². The lowest BCUT2D eigenvalue weighted by Crippen LogP contribution is -2.45. The van der Waals surface area contributed by atoms with Crippen LogP contribution in [0.5, 0.6) is 11.5 Å². The van der Waals surface area contributed by atoms with Gasteiger partial charge in [-0.1, -0.05) is 11.6 Å². The fraction of sp³-hybridized carbons (Fsp3) is 0.619. The van der Waals surface area contributed by atoms with Crippen LogP contribution >= 0.6 is 11.6 Å². The van der Waals surface area contributed by atoms with Gasteiger partial charge in [0.15, 0.2) is 0 Å². The highest BCUT2D eigenvalue weighted by atomic mass is 35.5. The number of piperidine rings is 2. The van der Waals surface area contributed by atoms with Gasteiger partial charge in [-0.05, 0) is 51.3 Å². The van der Waals surface area contributed by atoms with Crippen molar-refractivity contribution in [2.45, 2.75) is 32.1 Å². The molecule has 8 heteroatoms. The maximum atomic E-state index is 12.7. The van der Waals surface area contributed by atoms with Crippen molar-refractivity contribution in [2.75, 3.05) is 52.3 Å². The van der Waals surface area contributed by atoms with Crippen LogP contribution in [0.1, 0.15) is 32.1 Å². The molecule has 2 saturated heterocycles. The normalized spacial score (nSPS) is 18.4. The van der Waals surface area contributed by atoms with Crippen LogP contribution in [-0.4, -0.2) is 68.6 Å². The van der Waals surface area contributed by atoms with E-state index in [2.05, 4.69) is 10.2 Å². The van der Waals surface area contributed by atoms with E-state index in [-0.39, 0.29) is 18.4 Å². The molecular formula is C21H30ClN3O4. The first-order chi connectivity index (χ1) is 14.0. The molecule has 7 nitrogen and oxygen atoms in total. The van der Waals surface area contributed by atoms with Crippen LogP contribution in [0, 0.1) is 5.92 Å². The Balaban J connectivity index is 1.50. The first kappa shape index (κ1) is 21.7. The zero-order chi connectivity index (χ0) is 20.8. The van der Waals surface area contributed by atoms with E-state index < -0.39 is 0 Å². The second-order valence-electron chi connectivity index (χ2n) is 7.67. The van der Waals surface area contributed by atoms with Crippen molar-refractivity contribution in [1.82, 2.24) is 9.80 Å². The summed E-state index contributed by atoms with van der Waals surface area (Å²) < 4.78 is 10.5. The maximum Gasteiger partial charge on any atom is 0.238 e. The Morgan fingerprint density at radius 3 is 2.31 bits per heavy atom. The lowest BCUT2D eigenvalue weighted by atomic mass is 9.94. The molecule has 2 amide bonds. The molecule has 1 aromatic carbocycles. The molecule has 2 fully saturated rings. The number of hydrogen-bond donors (Lipinski definition) is 1. The van der Waals surface area contributed by atoms with Gasteiger partial charge in [0, 0.05) is 25.1 Å². The van der Waals surface area contributed by atoms with Gasteiger partial charge in [-0.15, -0.1) is 0 Å². The van der Waals surface area contributed by atoms with E-state index in [9.17, 15) is 9.59 Å². The summed E-state index contributed by atoms with van der Waals surface area (Å²) in [7, 11) is 3.06. The number of rotatable bonds is 6. The minimum absolute atomic E-state index is 0.0906. The molecule has 2 aliphatic heterocycles. The molecule has 0 radical (unpaired) electrons. The molecule has 3 rings (SSSR count). The number of methoxy groups -OCH3 is 2. The van der Waals surface area contributed by atoms with Crippen LogP contribution in [-0.2, 0) is 9.59 Å². The van der Waals surface area contributed by atoms with Gasteiger partial charge in [-0.3, -0.25) is 14.5 Å². The van der Waals surface area contributed by atoms with E-state index in [4.69, 9.17) is 21.1 Å². The van der Waals surface area contributed by atoms with Gasteiger partial charge in [-0.2, -0.15) is 0 Å². The molecule has 0 aromatic heterocycles. The number of likely N-dealkylation sites (tertiary alicyclic amines) is 2. The van der Waals surface area contributed by atoms with Crippen LogP contribution in [0.15, 0.2) is 12.1 Å². The molecule has 1 aromatic rings. The van der Waals surface area contributed by atoms with Gasteiger partial charge in [-0.25, -0.2) is 0 Å². The third kappa shape index (κ3) is 5.54. The largest absolute Gasteiger partial charge is 0.495 e. The summed E-state index contributed by atoms with van der Waals surface area (Å²) in [4.78, 5) is 29.3. The molecule has 0 aliphatic carbocycles. The maximum absolute atomic E-state index is 12.7.